The molecular formula is C5H7NS. The SMILES string of the molecule is C#CC(=S)N(C)C. The van der Waals surface area contributed by atoms with E-state index in [0.29, 0.717) is 4.99 Å². The van der Waals surface area contributed by atoms with Crippen molar-refractivity contribution >= 4 is 17.2 Å². The average Bonchev–Trinajstić information content (AvgIpc) is 1.65. The molecule has 0 unspecified atom stereocenters. The molecule has 0 N–H and O–H groups in total. The molecule has 0 radical (unpaired) electrons. The van der Waals surface area contributed by atoms with Crippen molar-refractivity contribution in [2.75, 3.05) is 14.1 Å². The zero-order chi connectivity index (χ0) is 5.86. The Kier molecular flexibility index (Phi) is 2.39. The van der Waals surface area contributed by atoms with Gasteiger partial charge in [-0.15, -0.1) is 6.42 Å². The molecule has 0 aromatic heterocycles. The highest BCUT2D eigenvalue weighted by Crippen LogP contribution is 1.76. The highest BCUT2D eigenvalue weighted by molar-refractivity contribution is 7.80. The Labute approximate surface area is 49.3 Å². The minimum atomic E-state index is 0.542. The maximum absolute atomic E-state index is 4.94. The monoisotopic (exact) mass is 113 g/mol. The summed E-state index contributed by atoms with van der Waals surface area (Å²) in [4.78, 5) is 2.26. The van der Waals surface area contributed by atoms with Crippen molar-refractivity contribution in [3.63, 3.8) is 0 Å². The van der Waals surface area contributed by atoms with Crippen LogP contribution in [0.4, 0.5) is 0 Å². The first kappa shape index (κ1) is 6.45. The highest BCUT2D eigenvalue weighted by Gasteiger charge is 1.87. The summed E-state index contributed by atoms with van der Waals surface area (Å²) >= 11 is 4.67. The quantitative estimate of drug-likeness (QED) is 0.332. The van der Waals surface area contributed by atoms with Crippen molar-refractivity contribution in [1.82, 2.24) is 4.90 Å². The normalized spacial score (nSPS) is 7.00. The molecule has 0 aliphatic heterocycles. The molecule has 0 atom stereocenters. The summed E-state index contributed by atoms with van der Waals surface area (Å²) in [6, 6.07) is 0. The van der Waals surface area contributed by atoms with Crippen molar-refractivity contribution in [3.05, 3.63) is 0 Å². The van der Waals surface area contributed by atoms with Gasteiger partial charge in [-0.1, -0.05) is 12.2 Å². The average molecular weight is 113 g/mol. The molecule has 0 aliphatic carbocycles. The van der Waals surface area contributed by atoms with E-state index in [1.54, 1.807) is 4.90 Å². The van der Waals surface area contributed by atoms with E-state index in [2.05, 4.69) is 18.1 Å². The van der Waals surface area contributed by atoms with Crippen LogP contribution >= 0.6 is 12.2 Å². The summed E-state index contributed by atoms with van der Waals surface area (Å²) in [7, 11) is 3.64. The van der Waals surface area contributed by atoms with Crippen molar-refractivity contribution in [3.8, 4) is 12.3 Å². The summed E-state index contributed by atoms with van der Waals surface area (Å²) in [5.41, 5.74) is 0. The number of hydrogen-bond donors (Lipinski definition) is 0. The fourth-order valence-electron chi connectivity index (χ4n) is 0.129. The van der Waals surface area contributed by atoms with Gasteiger partial charge in [0.15, 0.2) is 4.99 Å². The van der Waals surface area contributed by atoms with Crippen molar-refractivity contribution in [2.45, 2.75) is 0 Å². The zero-order valence-electron chi connectivity index (χ0n) is 4.43. The molecule has 0 amide bonds. The second-order valence-corrected chi connectivity index (χ2v) is 1.73. The second-order valence-electron chi connectivity index (χ2n) is 1.34. The molecular weight excluding hydrogens is 106 g/mol. The third-order valence-electron chi connectivity index (χ3n) is 0.530. The van der Waals surface area contributed by atoms with E-state index in [1.165, 1.54) is 0 Å². The van der Waals surface area contributed by atoms with Crippen LogP contribution in [0, 0.1) is 12.3 Å². The van der Waals surface area contributed by atoms with Gasteiger partial charge in [0.2, 0.25) is 0 Å². The summed E-state index contributed by atoms with van der Waals surface area (Å²) < 4.78 is 0. The van der Waals surface area contributed by atoms with Crippen LogP contribution in [0.5, 0.6) is 0 Å². The van der Waals surface area contributed by atoms with Crippen LogP contribution in [0.3, 0.4) is 0 Å². The standard InChI is InChI=1S/C5H7NS/c1-4-5(7)6(2)3/h1H,2-3H3. The fourth-order valence-corrected chi connectivity index (χ4v) is 0.129. The van der Waals surface area contributed by atoms with E-state index in [4.69, 9.17) is 6.42 Å². The molecule has 0 spiro atoms. The van der Waals surface area contributed by atoms with Gasteiger partial charge in [-0.25, -0.2) is 0 Å². The molecule has 0 fully saturated rings. The third-order valence-corrected chi connectivity index (χ3v) is 1.01. The van der Waals surface area contributed by atoms with E-state index in [1.807, 2.05) is 14.1 Å². The lowest BCUT2D eigenvalue weighted by Gasteiger charge is -2.05. The molecule has 0 heterocycles. The summed E-state index contributed by atoms with van der Waals surface area (Å²) in [5.74, 6) is 2.32. The molecule has 38 valence electrons. The lowest BCUT2D eigenvalue weighted by molar-refractivity contribution is 0.641. The van der Waals surface area contributed by atoms with Gasteiger partial charge in [0, 0.05) is 14.1 Å². The van der Waals surface area contributed by atoms with E-state index in [9.17, 15) is 0 Å². The van der Waals surface area contributed by atoms with Gasteiger partial charge >= 0.3 is 0 Å². The van der Waals surface area contributed by atoms with Crippen LogP contribution in [0.2, 0.25) is 0 Å². The second kappa shape index (κ2) is 2.59. The van der Waals surface area contributed by atoms with Gasteiger partial charge in [0.25, 0.3) is 0 Å². The predicted octanol–water partition coefficient (Wildman–Crippen LogP) is 0.509. The van der Waals surface area contributed by atoms with Gasteiger partial charge in [0.05, 0.1) is 0 Å². The highest BCUT2D eigenvalue weighted by atomic mass is 32.1. The summed E-state index contributed by atoms with van der Waals surface area (Å²) in [5, 5.41) is 0. The summed E-state index contributed by atoms with van der Waals surface area (Å²) in [6.45, 7) is 0. The van der Waals surface area contributed by atoms with Gasteiger partial charge in [-0.05, 0) is 5.92 Å². The maximum Gasteiger partial charge on any atom is 0.152 e. The Morgan fingerprint density at radius 1 is 1.71 bits per heavy atom. The molecule has 2 heteroatoms. The summed E-state index contributed by atoms with van der Waals surface area (Å²) in [6.07, 6.45) is 4.94. The lowest BCUT2D eigenvalue weighted by Crippen LogP contribution is -2.16. The third kappa shape index (κ3) is 2.18. The zero-order valence-corrected chi connectivity index (χ0v) is 5.25. The predicted molar refractivity (Wildman–Crippen MR) is 35.1 cm³/mol. The van der Waals surface area contributed by atoms with Crippen LogP contribution < -0.4 is 0 Å². The Hall–Kier alpha value is -0.550. The molecule has 0 aromatic carbocycles. The van der Waals surface area contributed by atoms with E-state index < -0.39 is 0 Å². The van der Waals surface area contributed by atoms with Crippen LogP contribution in [-0.4, -0.2) is 24.0 Å². The molecule has 0 aliphatic rings. The smallest absolute Gasteiger partial charge is 0.152 e. The number of thiocarbonyl (C=S) groups is 1. The van der Waals surface area contributed by atoms with Gasteiger partial charge in [-0.3, -0.25) is 0 Å². The van der Waals surface area contributed by atoms with Crippen LogP contribution in [-0.2, 0) is 0 Å². The topological polar surface area (TPSA) is 3.24 Å². The minimum absolute atomic E-state index is 0.542. The van der Waals surface area contributed by atoms with Gasteiger partial charge < -0.3 is 4.90 Å². The van der Waals surface area contributed by atoms with E-state index in [-0.39, 0.29) is 0 Å². The van der Waals surface area contributed by atoms with Gasteiger partial charge in [-0.2, -0.15) is 0 Å². The maximum atomic E-state index is 4.94. The Balaban J connectivity index is 3.64. The minimum Gasteiger partial charge on any atom is -0.362 e. The Morgan fingerprint density at radius 3 is 2.14 bits per heavy atom. The number of terminal acetylenes is 1. The first-order valence-electron chi connectivity index (χ1n) is 1.86. The van der Waals surface area contributed by atoms with Crippen molar-refractivity contribution < 1.29 is 0 Å². The number of nitrogens with zero attached hydrogens (tertiary/aromatic N) is 1. The Bertz CT molecular complexity index is 110. The Morgan fingerprint density at radius 2 is 2.14 bits per heavy atom. The number of rotatable bonds is 0. The van der Waals surface area contributed by atoms with Crippen LogP contribution in [0.25, 0.3) is 0 Å². The van der Waals surface area contributed by atoms with E-state index in [0.717, 1.165) is 0 Å². The van der Waals surface area contributed by atoms with Crippen molar-refractivity contribution in [1.29, 1.82) is 0 Å². The van der Waals surface area contributed by atoms with Crippen molar-refractivity contribution in [2.24, 2.45) is 0 Å². The molecule has 0 saturated carbocycles. The van der Waals surface area contributed by atoms with E-state index >= 15 is 0 Å². The molecule has 0 rings (SSSR count). The number of hydrogen-bond acceptors (Lipinski definition) is 1. The molecule has 7 heavy (non-hydrogen) atoms. The largest absolute Gasteiger partial charge is 0.362 e. The molecule has 0 bridgehead atoms. The van der Waals surface area contributed by atoms with Crippen LogP contribution in [0.15, 0.2) is 0 Å². The fraction of sp³-hybridized carbons (Fsp3) is 0.400. The van der Waals surface area contributed by atoms with Gasteiger partial charge in [0.1, 0.15) is 0 Å². The van der Waals surface area contributed by atoms with Crippen LogP contribution in [0.1, 0.15) is 0 Å². The molecule has 0 saturated heterocycles. The first-order chi connectivity index (χ1) is 3.18. The molecule has 1 nitrogen and oxygen atoms in total. The molecule has 0 aromatic rings. The first-order valence-corrected chi connectivity index (χ1v) is 2.27. The lowest BCUT2D eigenvalue weighted by atomic mass is 10.6.